The van der Waals surface area contributed by atoms with E-state index in [1.807, 2.05) is 0 Å². The minimum absolute atomic E-state index is 0.0545. The number of amidine groups is 1. The number of benzene rings is 1. The Bertz CT molecular complexity index is 738. The van der Waals surface area contributed by atoms with Crippen LogP contribution in [0.3, 0.4) is 0 Å². The van der Waals surface area contributed by atoms with E-state index in [2.05, 4.69) is 15.6 Å². The third kappa shape index (κ3) is 4.22. The highest BCUT2D eigenvalue weighted by Crippen LogP contribution is 2.20. The first-order chi connectivity index (χ1) is 11.0. The molecule has 1 aromatic heterocycles. The number of hydrogen-bond acceptors (Lipinski definition) is 4. The SMILES string of the molecule is CCOC(=O)NC(=N)c1ccc2[nH]cc(CCNC(=O)O)c2c1. The van der Waals surface area contributed by atoms with E-state index in [1.54, 1.807) is 31.3 Å². The van der Waals surface area contributed by atoms with Crippen LogP contribution in [-0.2, 0) is 11.2 Å². The lowest BCUT2D eigenvalue weighted by atomic mass is 10.1. The topological polar surface area (TPSA) is 127 Å². The van der Waals surface area contributed by atoms with Gasteiger partial charge in [0.05, 0.1) is 6.61 Å². The predicted octanol–water partition coefficient (Wildman–Crippen LogP) is 2.05. The van der Waals surface area contributed by atoms with Crippen molar-refractivity contribution in [3.8, 4) is 0 Å². The van der Waals surface area contributed by atoms with Crippen LogP contribution in [0.4, 0.5) is 9.59 Å². The molecule has 0 aliphatic rings. The lowest BCUT2D eigenvalue weighted by Crippen LogP contribution is -2.31. The van der Waals surface area contributed by atoms with Crippen molar-refractivity contribution in [1.29, 1.82) is 5.41 Å². The molecule has 2 amide bonds. The number of carbonyl (C=O) groups is 2. The van der Waals surface area contributed by atoms with Gasteiger partial charge in [0.15, 0.2) is 0 Å². The maximum absolute atomic E-state index is 11.4. The Morgan fingerprint density at radius 3 is 2.87 bits per heavy atom. The van der Waals surface area contributed by atoms with Crippen molar-refractivity contribution >= 4 is 28.9 Å². The highest BCUT2D eigenvalue weighted by Gasteiger charge is 2.10. The molecular weight excluding hydrogens is 300 g/mol. The molecule has 1 aromatic carbocycles. The number of fused-ring (bicyclic) bond motifs is 1. The van der Waals surface area contributed by atoms with Crippen molar-refractivity contribution in [3.05, 3.63) is 35.5 Å². The lowest BCUT2D eigenvalue weighted by molar-refractivity contribution is 0.158. The maximum atomic E-state index is 11.4. The number of nitrogens with one attached hydrogen (secondary N) is 4. The Morgan fingerprint density at radius 1 is 1.39 bits per heavy atom. The molecule has 5 N–H and O–H groups in total. The van der Waals surface area contributed by atoms with E-state index >= 15 is 0 Å². The first-order valence-corrected chi connectivity index (χ1v) is 7.10. The minimum Gasteiger partial charge on any atom is -0.465 e. The fourth-order valence-corrected chi connectivity index (χ4v) is 2.19. The Morgan fingerprint density at radius 2 is 2.17 bits per heavy atom. The molecule has 2 rings (SSSR count). The average Bonchev–Trinajstić information content (AvgIpc) is 2.89. The van der Waals surface area contributed by atoms with Crippen LogP contribution in [-0.4, -0.2) is 41.3 Å². The zero-order valence-electron chi connectivity index (χ0n) is 12.6. The van der Waals surface area contributed by atoms with E-state index in [0.717, 1.165) is 16.5 Å². The van der Waals surface area contributed by atoms with Crippen LogP contribution < -0.4 is 10.6 Å². The fourth-order valence-electron chi connectivity index (χ4n) is 2.19. The lowest BCUT2D eigenvalue weighted by Gasteiger charge is -2.07. The Hall–Kier alpha value is -3.03. The highest BCUT2D eigenvalue weighted by atomic mass is 16.5. The molecule has 0 saturated carbocycles. The Balaban J connectivity index is 2.15. The van der Waals surface area contributed by atoms with Crippen molar-refractivity contribution in [2.24, 2.45) is 0 Å². The van der Waals surface area contributed by atoms with E-state index in [9.17, 15) is 9.59 Å². The first kappa shape index (κ1) is 16.3. The number of hydrogen-bond donors (Lipinski definition) is 5. The third-order valence-corrected chi connectivity index (χ3v) is 3.23. The molecule has 8 nitrogen and oxygen atoms in total. The number of alkyl carbamates (subject to hydrolysis) is 1. The van der Waals surface area contributed by atoms with Gasteiger partial charge in [0.1, 0.15) is 5.84 Å². The van der Waals surface area contributed by atoms with Crippen molar-refractivity contribution in [1.82, 2.24) is 15.6 Å². The minimum atomic E-state index is -1.06. The molecule has 1 heterocycles. The molecule has 122 valence electrons. The van der Waals surface area contributed by atoms with Gasteiger partial charge in [-0.2, -0.15) is 0 Å². The molecule has 8 heteroatoms. The normalized spacial score (nSPS) is 10.3. The second-order valence-electron chi connectivity index (χ2n) is 4.78. The summed E-state index contributed by atoms with van der Waals surface area (Å²) in [4.78, 5) is 25.0. The largest absolute Gasteiger partial charge is 0.465 e. The van der Waals surface area contributed by atoms with Gasteiger partial charge in [-0.15, -0.1) is 0 Å². The van der Waals surface area contributed by atoms with Gasteiger partial charge in [0.25, 0.3) is 0 Å². The van der Waals surface area contributed by atoms with Crippen LogP contribution in [0.1, 0.15) is 18.1 Å². The number of aromatic nitrogens is 1. The van der Waals surface area contributed by atoms with Gasteiger partial charge in [0, 0.05) is 29.2 Å². The van der Waals surface area contributed by atoms with E-state index < -0.39 is 12.2 Å². The molecule has 0 unspecified atom stereocenters. The summed E-state index contributed by atoms with van der Waals surface area (Å²) >= 11 is 0. The predicted molar refractivity (Wildman–Crippen MR) is 85.0 cm³/mol. The molecule has 2 aromatic rings. The van der Waals surface area contributed by atoms with E-state index in [0.29, 0.717) is 18.5 Å². The quantitative estimate of drug-likeness (QED) is 0.427. The number of rotatable bonds is 5. The monoisotopic (exact) mass is 318 g/mol. The summed E-state index contributed by atoms with van der Waals surface area (Å²) < 4.78 is 4.74. The van der Waals surface area contributed by atoms with Gasteiger partial charge >= 0.3 is 12.2 Å². The number of carboxylic acid groups (broad SMARTS) is 1. The molecule has 0 radical (unpaired) electrons. The summed E-state index contributed by atoms with van der Waals surface area (Å²) in [6.07, 6.45) is 0.595. The van der Waals surface area contributed by atoms with Crippen LogP contribution in [0.2, 0.25) is 0 Å². The number of amides is 2. The zero-order valence-corrected chi connectivity index (χ0v) is 12.6. The number of aromatic amines is 1. The Labute approximate surface area is 132 Å². The van der Waals surface area contributed by atoms with Crippen LogP contribution in [0.15, 0.2) is 24.4 Å². The fraction of sp³-hybridized carbons (Fsp3) is 0.267. The second kappa shape index (κ2) is 7.30. The van der Waals surface area contributed by atoms with Crippen molar-refractivity contribution in [2.75, 3.05) is 13.2 Å². The summed E-state index contributed by atoms with van der Waals surface area (Å²) in [6.45, 7) is 2.22. The molecule has 0 aliphatic heterocycles. The molecule has 0 atom stereocenters. The van der Waals surface area contributed by atoms with Crippen LogP contribution in [0.25, 0.3) is 10.9 Å². The summed E-state index contributed by atoms with van der Waals surface area (Å²) in [6, 6.07) is 5.29. The van der Waals surface area contributed by atoms with Gasteiger partial charge in [-0.3, -0.25) is 10.7 Å². The number of H-pyrrole nitrogens is 1. The Kier molecular flexibility index (Phi) is 5.19. The number of ether oxygens (including phenoxy) is 1. The van der Waals surface area contributed by atoms with E-state index in [1.165, 1.54) is 0 Å². The smallest absolute Gasteiger partial charge is 0.412 e. The second-order valence-corrected chi connectivity index (χ2v) is 4.78. The van der Waals surface area contributed by atoms with Crippen LogP contribution >= 0.6 is 0 Å². The molecule has 0 spiro atoms. The first-order valence-electron chi connectivity index (χ1n) is 7.10. The summed E-state index contributed by atoms with van der Waals surface area (Å²) in [5.74, 6) is -0.0545. The standard InChI is InChI=1S/C15H18N4O4/c1-2-23-15(22)19-13(16)9-3-4-12-11(7-9)10(8-18-12)5-6-17-14(20)21/h3-4,7-8,17-18H,2,5-6H2,1H3,(H,20,21)(H2,16,19,22). The van der Waals surface area contributed by atoms with Gasteiger partial charge in [-0.05, 0) is 37.1 Å². The molecular formula is C15H18N4O4. The number of carbonyl (C=O) groups excluding carboxylic acids is 1. The van der Waals surface area contributed by atoms with Crippen LogP contribution in [0, 0.1) is 5.41 Å². The van der Waals surface area contributed by atoms with E-state index in [4.69, 9.17) is 15.3 Å². The summed E-state index contributed by atoms with van der Waals surface area (Å²) in [5, 5.41) is 22.1. The highest BCUT2D eigenvalue weighted by molar-refractivity contribution is 6.06. The van der Waals surface area contributed by atoms with Gasteiger partial charge in [0.2, 0.25) is 0 Å². The molecule has 0 bridgehead atoms. The third-order valence-electron chi connectivity index (χ3n) is 3.23. The maximum Gasteiger partial charge on any atom is 0.412 e. The molecule has 0 fully saturated rings. The average molecular weight is 318 g/mol. The summed E-state index contributed by atoms with van der Waals surface area (Å²) in [5.41, 5.74) is 2.35. The molecule has 0 saturated heterocycles. The van der Waals surface area contributed by atoms with Gasteiger partial charge < -0.3 is 20.1 Å². The van der Waals surface area contributed by atoms with Crippen molar-refractivity contribution < 1.29 is 19.4 Å². The van der Waals surface area contributed by atoms with Gasteiger partial charge in [-0.25, -0.2) is 9.59 Å². The van der Waals surface area contributed by atoms with Crippen molar-refractivity contribution in [2.45, 2.75) is 13.3 Å². The summed E-state index contributed by atoms with van der Waals surface area (Å²) in [7, 11) is 0. The van der Waals surface area contributed by atoms with E-state index in [-0.39, 0.29) is 12.4 Å². The molecule has 23 heavy (non-hydrogen) atoms. The van der Waals surface area contributed by atoms with Crippen molar-refractivity contribution in [3.63, 3.8) is 0 Å². The van der Waals surface area contributed by atoms with Gasteiger partial charge in [-0.1, -0.05) is 0 Å². The molecule has 0 aliphatic carbocycles. The zero-order chi connectivity index (χ0) is 16.8. The van der Waals surface area contributed by atoms with Crippen LogP contribution in [0.5, 0.6) is 0 Å².